The van der Waals surface area contributed by atoms with E-state index in [0.717, 1.165) is 35.7 Å². The van der Waals surface area contributed by atoms with Crippen molar-refractivity contribution in [1.29, 1.82) is 0 Å². The van der Waals surface area contributed by atoms with E-state index in [1.165, 1.54) is 106 Å². The van der Waals surface area contributed by atoms with Gasteiger partial charge in [0.05, 0.1) is 6.61 Å². The highest BCUT2D eigenvalue weighted by molar-refractivity contribution is 7.15. The zero-order chi connectivity index (χ0) is 26.0. The van der Waals surface area contributed by atoms with Gasteiger partial charge in [-0.25, -0.2) is 9.97 Å². The molecule has 0 unspecified atom stereocenters. The number of benzene rings is 1. The van der Waals surface area contributed by atoms with E-state index < -0.39 is 0 Å². The van der Waals surface area contributed by atoms with Crippen LogP contribution in [0, 0.1) is 0 Å². The molecule has 3 nitrogen and oxygen atoms in total. The van der Waals surface area contributed by atoms with Gasteiger partial charge in [0.2, 0.25) is 0 Å². The van der Waals surface area contributed by atoms with Gasteiger partial charge in [0.1, 0.15) is 5.75 Å². The maximum Gasteiger partial charge on any atom is 0.159 e. The Bertz CT molecular complexity index is 965. The van der Waals surface area contributed by atoms with E-state index in [0.29, 0.717) is 0 Å². The molecule has 0 aliphatic carbocycles. The molecule has 0 bridgehead atoms. The maximum atomic E-state index is 5.96. The zero-order valence-electron chi connectivity index (χ0n) is 23.4. The van der Waals surface area contributed by atoms with Crippen molar-refractivity contribution in [3.05, 3.63) is 53.7 Å². The molecule has 0 spiro atoms. The highest BCUT2D eigenvalue weighted by atomic mass is 32.1. The van der Waals surface area contributed by atoms with E-state index in [9.17, 15) is 0 Å². The van der Waals surface area contributed by atoms with Crippen LogP contribution in [0.1, 0.15) is 115 Å². The van der Waals surface area contributed by atoms with Gasteiger partial charge in [0.15, 0.2) is 5.82 Å². The third-order valence-electron chi connectivity index (χ3n) is 7.00. The molecule has 4 heteroatoms. The maximum absolute atomic E-state index is 5.96. The molecule has 0 aliphatic heterocycles. The van der Waals surface area contributed by atoms with Crippen molar-refractivity contribution in [3.63, 3.8) is 0 Å². The van der Waals surface area contributed by atoms with Gasteiger partial charge in [-0.3, -0.25) is 0 Å². The minimum atomic E-state index is 0.762. The smallest absolute Gasteiger partial charge is 0.159 e. The second kappa shape index (κ2) is 18.1. The van der Waals surface area contributed by atoms with Crippen LogP contribution < -0.4 is 4.74 Å². The lowest BCUT2D eigenvalue weighted by molar-refractivity contribution is 0.304. The van der Waals surface area contributed by atoms with Crippen molar-refractivity contribution in [2.75, 3.05) is 6.61 Å². The van der Waals surface area contributed by atoms with Crippen molar-refractivity contribution < 1.29 is 4.74 Å². The summed E-state index contributed by atoms with van der Waals surface area (Å²) in [5.74, 6) is 1.69. The van der Waals surface area contributed by atoms with Gasteiger partial charge < -0.3 is 4.74 Å². The Balaban J connectivity index is 1.34. The van der Waals surface area contributed by atoms with Gasteiger partial charge in [0.25, 0.3) is 0 Å². The fourth-order valence-electron chi connectivity index (χ4n) is 4.65. The average molecular weight is 521 g/mol. The highest BCUT2D eigenvalue weighted by Crippen LogP contribution is 2.29. The van der Waals surface area contributed by atoms with Crippen LogP contribution in [-0.4, -0.2) is 16.6 Å². The molecular weight excluding hydrogens is 472 g/mol. The molecule has 0 radical (unpaired) electrons. The molecule has 0 aliphatic rings. The van der Waals surface area contributed by atoms with Gasteiger partial charge in [-0.1, -0.05) is 97.3 Å². The van der Waals surface area contributed by atoms with E-state index in [4.69, 9.17) is 4.74 Å². The zero-order valence-corrected chi connectivity index (χ0v) is 24.2. The average Bonchev–Trinajstić information content (AvgIpc) is 3.41. The number of ether oxygens (including phenoxy) is 1. The first-order chi connectivity index (χ1) is 18.3. The number of rotatable bonds is 20. The first kappa shape index (κ1) is 29.4. The SMILES string of the molecule is CCCCCCCCCCCCOc1ccc(-c2ncc(-c3ccc(CCCCCCC)s3)cn2)cc1. The Kier molecular flexibility index (Phi) is 14.4. The standard InChI is InChI=1S/C33H48N2OS/c1-3-5-7-9-10-11-12-13-15-17-25-36-30-21-19-28(20-22-30)33-34-26-29(27-35-33)32-24-23-31(37-32)18-16-14-8-6-4-2/h19-24,26-27H,3-18,25H2,1-2H3. The summed E-state index contributed by atoms with van der Waals surface area (Å²) in [7, 11) is 0. The number of unbranched alkanes of at least 4 members (excludes halogenated alkanes) is 13. The molecule has 3 aromatic rings. The second-order valence-corrected chi connectivity index (χ2v) is 11.4. The van der Waals surface area contributed by atoms with Gasteiger partial charge >= 0.3 is 0 Å². The van der Waals surface area contributed by atoms with E-state index in [1.807, 2.05) is 35.9 Å². The van der Waals surface area contributed by atoms with Crippen LogP contribution in [0.2, 0.25) is 0 Å². The van der Waals surface area contributed by atoms with E-state index in [-0.39, 0.29) is 0 Å². The van der Waals surface area contributed by atoms with Gasteiger partial charge in [-0.15, -0.1) is 11.3 Å². The minimum Gasteiger partial charge on any atom is -0.494 e. The summed E-state index contributed by atoms with van der Waals surface area (Å²) in [5, 5.41) is 0. The normalized spacial score (nSPS) is 11.2. The van der Waals surface area contributed by atoms with E-state index >= 15 is 0 Å². The van der Waals surface area contributed by atoms with Gasteiger partial charge in [-0.05, 0) is 55.7 Å². The number of nitrogens with zero attached hydrogens (tertiary/aromatic N) is 2. The molecule has 2 aromatic heterocycles. The molecular formula is C33H48N2OS. The fourth-order valence-corrected chi connectivity index (χ4v) is 5.68. The molecule has 202 valence electrons. The first-order valence-corrected chi connectivity index (χ1v) is 15.8. The Hall–Kier alpha value is -2.20. The van der Waals surface area contributed by atoms with E-state index in [2.05, 4.69) is 48.1 Å². The molecule has 0 amide bonds. The summed E-state index contributed by atoms with van der Waals surface area (Å²) in [6.07, 6.45) is 25.2. The van der Waals surface area contributed by atoms with Crippen LogP contribution in [0.15, 0.2) is 48.8 Å². The quantitative estimate of drug-likeness (QED) is 0.139. The molecule has 0 fully saturated rings. The summed E-state index contributed by atoms with van der Waals surface area (Å²) >= 11 is 1.87. The van der Waals surface area contributed by atoms with Crippen molar-refractivity contribution in [2.45, 2.75) is 117 Å². The summed E-state index contributed by atoms with van der Waals surface area (Å²) in [4.78, 5) is 12.0. The highest BCUT2D eigenvalue weighted by Gasteiger charge is 2.07. The Labute approximate surface area is 230 Å². The van der Waals surface area contributed by atoms with Crippen LogP contribution in [0.5, 0.6) is 5.75 Å². The predicted octanol–water partition coefficient (Wildman–Crippen LogP) is 10.7. The fraction of sp³-hybridized carbons (Fsp3) is 0.576. The monoisotopic (exact) mass is 520 g/mol. The van der Waals surface area contributed by atoms with Crippen molar-refractivity contribution in [1.82, 2.24) is 9.97 Å². The van der Waals surface area contributed by atoms with Crippen molar-refractivity contribution >= 4 is 11.3 Å². The summed E-state index contributed by atoms with van der Waals surface area (Å²) in [6.45, 7) is 5.34. The van der Waals surface area contributed by atoms with Crippen LogP contribution >= 0.6 is 11.3 Å². The molecule has 0 saturated heterocycles. The lowest BCUT2D eigenvalue weighted by atomic mass is 10.1. The molecule has 0 N–H and O–H groups in total. The number of aryl methyl sites for hydroxylation is 1. The molecule has 2 heterocycles. The third-order valence-corrected chi connectivity index (χ3v) is 8.20. The lowest BCUT2D eigenvalue weighted by Gasteiger charge is -2.07. The van der Waals surface area contributed by atoms with Crippen LogP contribution in [0.3, 0.4) is 0 Å². The van der Waals surface area contributed by atoms with Crippen molar-refractivity contribution in [2.24, 2.45) is 0 Å². The Morgan fingerprint density at radius 1 is 0.595 bits per heavy atom. The minimum absolute atomic E-state index is 0.762. The topological polar surface area (TPSA) is 35.0 Å². The lowest BCUT2D eigenvalue weighted by Crippen LogP contribution is -1.97. The number of aromatic nitrogens is 2. The van der Waals surface area contributed by atoms with Crippen LogP contribution in [0.25, 0.3) is 21.8 Å². The summed E-state index contributed by atoms with van der Waals surface area (Å²) in [5.41, 5.74) is 2.12. The van der Waals surface area contributed by atoms with Crippen LogP contribution in [0.4, 0.5) is 0 Å². The Morgan fingerprint density at radius 3 is 1.78 bits per heavy atom. The van der Waals surface area contributed by atoms with Crippen molar-refractivity contribution in [3.8, 4) is 27.6 Å². The first-order valence-electron chi connectivity index (χ1n) is 14.9. The molecule has 1 aromatic carbocycles. The van der Waals surface area contributed by atoms with Crippen LogP contribution in [-0.2, 0) is 6.42 Å². The largest absolute Gasteiger partial charge is 0.494 e. The molecule has 0 saturated carbocycles. The van der Waals surface area contributed by atoms with E-state index in [1.54, 1.807) is 0 Å². The predicted molar refractivity (Wildman–Crippen MR) is 161 cm³/mol. The molecule has 3 rings (SSSR count). The number of thiophene rings is 1. The Morgan fingerprint density at radius 2 is 1.16 bits per heavy atom. The van der Waals surface area contributed by atoms with Gasteiger partial charge in [0, 0.05) is 33.3 Å². The summed E-state index contributed by atoms with van der Waals surface area (Å²) < 4.78 is 5.96. The van der Waals surface area contributed by atoms with Gasteiger partial charge in [-0.2, -0.15) is 0 Å². The second-order valence-electron chi connectivity index (χ2n) is 10.3. The number of hydrogen-bond donors (Lipinski definition) is 0. The third kappa shape index (κ3) is 11.4. The number of hydrogen-bond acceptors (Lipinski definition) is 4. The molecule has 37 heavy (non-hydrogen) atoms. The molecule has 0 atom stereocenters. The summed E-state index contributed by atoms with van der Waals surface area (Å²) in [6, 6.07) is 12.7.